The number of rotatable bonds is 6. The molecule has 1 amide bonds. The number of benzene rings is 2. The summed E-state index contributed by atoms with van der Waals surface area (Å²) in [5, 5.41) is 4.00. The highest BCUT2D eigenvalue weighted by molar-refractivity contribution is 9.10. The van der Waals surface area contributed by atoms with E-state index in [9.17, 15) is 4.79 Å². The molecule has 2 aromatic carbocycles. The molecule has 0 aliphatic carbocycles. The molecule has 0 heterocycles. The minimum absolute atomic E-state index is 0.268. The molecule has 2 rings (SSSR count). The first kappa shape index (κ1) is 16.2. The number of carbonyl (C=O) groups excluding carboxylic acids is 1. The number of amides is 1. The van der Waals surface area contributed by atoms with Gasteiger partial charge in [0.05, 0.1) is 18.4 Å². The number of nitrogens with one attached hydrogen (secondary N) is 1. The molecule has 0 saturated heterocycles. The fraction of sp³-hybridized carbons (Fsp3) is 0.176. The summed E-state index contributed by atoms with van der Waals surface area (Å²) >= 11 is 3.34. The second kappa shape index (κ2) is 8.34. The van der Waals surface area contributed by atoms with Gasteiger partial charge < -0.3 is 4.74 Å². The van der Waals surface area contributed by atoms with E-state index in [-0.39, 0.29) is 5.91 Å². The number of para-hydroxylation sites is 1. The summed E-state index contributed by atoms with van der Waals surface area (Å²) in [6, 6.07) is 14.8. The standard InChI is InChI=1S/C17H17BrN2O2/c1-2-11-22-16-10-6-3-7-13(16)12-19-20-17(21)14-8-4-5-9-15(14)18/h3-10,12H,2,11H2,1H3,(H,20,21)/b19-12+. The van der Waals surface area contributed by atoms with Crippen LogP contribution < -0.4 is 10.2 Å². The molecule has 4 nitrogen and oxygen atoms in total. The van der Waals surface area contributed by atoms with Gasteiger partial charge in [0, 0.05) is 10.0 Å². The fourth-order valence-electron chi connectivity index (χ4n) is 1.80. The van der Waals surface area contributed by atoms with E-state index >= 15 is 0 Å². The van der Waals surface area contributed by atoms with Gasteiger partial charge in [-0.1, -0.05) is 31.2 Å². The molecular weight excluding hydrogens is 344 g/mol. The predicted octanol–water partition coefficient (Wildman–Crippen LogP) is 4.00. The Balaban J connectivity index is 2.04. The van der Waals surface area contributed by atoms with Gasteiger partial charge >= 0.3 is 0 Å². The van der Waals surface area contributed by atoms with Gasteiger partial charge in [-0.15, -0.1) is 0 Å². The molecule has 0 radical (unpaired) electrons. The zero-order valence-electron chi connectivity index (χ0n) is 12.3. The molecule has 0 aliphatic heterocycles. The van der Waals surface area contributed by atoms with Gasteiger partial charge in [-0.3, -0.25) is 4.79 Å². The SMILES string of the molecule is CCCOc1ccccc1/C=N/NC(=O)c1ccccc1Br. The number of nitrogens with zero attached hydrogens (tertiary/aromatic N) is 1. The number of carbonyl (C=O) groups is 1. The highest BCUT2D eigenvalue weighted by atomic mass is 79.9. The average Bonchev–Trinajstić information content (AvgIpc) is 2.54. The van der Waals surface area contributed by atoms with Crippen molar-refractivity contribution >= 4 is 28.1 Å². The third-order valence-corrected chi connectivity index (χ3v) is 3.56. The number of hydrazone groups is 1. The molecule has 0 unspecified atom stereocenters. The average molecular weight is 361 g/mol. The second-order valence-corrected chi connectivity index (χ2v) is 5.42. The molecule has 0 bridgehead atoms. The van der Waals surface area contributed by atoms with E-state index in [0.717, 1.165) is 22.2 Å². The predicted molar refractivity (Wildman–Crippen MR) is 91.4 cm³/mol. The van der Waals surface area contributed by atoms with Crippen molar-refractivity contribution in [1.82, 2.24) is 5.43 Å². The maximum atomic E-state index is 12.0. The van der Waals surface area contributed by atoms with Gasteiger partial charge in [-0.2, -0.15) is 5.10 Å². The van der Waals surface area contributed by atoms with Gasteiger partial charge in [0.15, 0.2) is 0 Å². The highest BCUT2D eigenvalue weighted by Gasteiger charge is 2.07. The lowest BCUT2D eigenvalue weighted by atomic mass is 10.2. The zero-order chi connectivity index (χ0) is 15.8. The van der Waals surface area contributed by atoms with Gasteiger partial charge in [-0.25, -0.2) is 5.43 Å². The summed E-state index contributed by atoms with van der Waals surface area (Å²) in [6.45, 7) is 2.70. The number of ether oxygens (including phenoxy) is 1. The van der Waals surface area contributed by atoms with E-state index < -0.39 is 0 Å². The normalized spacial score (nSPS) is 10.6. The quantitative estimate of drug-likeness (QED) is 0.625. The Morgan fingerprint density at radius 1 is 1.23 bits per heavy atom. The van der Waals surface area contributed by atoms with E-state index in [2.05, 4.69) is 33.4 Å². The third kappa shape index (κ3) is 4.43. The van der Waals surface area contributed by atoms with Crippen LogP contribution in [0.4, 0.5) is 0 Å². The van der Waals surface area contributed by atoms with Gasteiger partial charge in [0.1, 0.15) is 5.75 Å². The third-order valence-electron chi connectivity index (χ3n) is 2.87. The van der Waals surface area contributed by atoms with Crippen LogP contribution in [-0.4, -0.2) is 18.7 Å². The molecule has 0 atom stereocenters. The highest BCUT2D eigenvalue weighted by Crippen LogP contribution is 2.17. The molecule has 114 valence electrons. The van der Waals surface area contributed by atoms with Crippen molar-refractivity contribution in [2.24, 2.45) is 5.10 Å². The largest absolute Gasteiger partial charge is 0.493 e. The second-order valence-electron chi connectivity index (χ2n) is 4.57. The molecule has 5 heteroatoms. The lowest BCUT2D eigenvalue weighted by molar-refractivity contribution is 0.0954. The van der Waals surface area contributed by atoms with E-state index in [4.69, 9.17) is 4.74 Å². The van der Waals surface area contributed by atoms with Gasteiger partial charge in [-0.05, 0) is 46.6 Å². The Bertz CT molecular complexity index is 671. The van der Waals surface area contributed by atoms with Crippen molar-refractivity contribution in [2.75, 3.05) is 6.61 Å². The Morgan fingerprint density at radius 3 is 2.73 bits per heavy atom. The van der Waals surface area contributed by atoms with Crippen molar-refractivity contribution in [3.63, 3.8) is 0 Å². The summed E-state index contributed by atoms with van der Waals surface area (Å²) in [5.41, 5.74) is 3.88. The lowest BCUT2D eigenvalue weighted by Gasteiger charge is -2.07. The van der Waals surface area contributed by atoms with E-state index in [1.165, 1.54) is 0 Å². The first-order valence-corrected chi connectivity index (χ1v) is 7.81. The van der Waals surface area contributed by atoms with Crippen LogP contribution in [0.25, 0.3) is 0 Å². The Hall–Kier alpha value is -2.14. The molecule has 0 aromatic heterocycles. The van der Waals surface area contributed by atoms with Gasteiger partial charge in [0.25, 0.3) is 5.91 Å². The summed E-state index contributed by atoms with van der Waals surface area (Å²) in [7, 11) is 0. The molecule has 0 saturated carbocycles. The summed E-state index contributed by atoms with van der Waals surface area (Å²) in [5.74, 6) is 0.485. The number of halogens is 1. The molecule has 22 heavy (non-hydrogen) atoms. The minimum Gasteiger partial charge on any atom is -0.493 e. The minimum atomic E-state index is -0.268. The van der Waals surface area contributed by atoms with Crippen LogP contribution in [0, 0.1) is 0 Å². The van der Waals surface area contributed by atoms with Crippen molar-refractivity contribution in [3.8, 4) is 5.75 Å². The van der Waals surface area contributed by atoms with E-state index in [0.29, 0.717) is 12.2 Å². The van der Waals surface area contributed by atoms with Crippen molar-refractivity contribution in [3.05, 3.63) is 64.1 Å². The van der Waals surface area contributed by atoms with Crippen LogP contribution in [0.5, 0.6) is 5.75 Å². The molecular formula is C17H17BrN2O2. The first-order valence-electron chi connectivity index (χ1n) is 7.02. The maximum Gasteiger partial charge on any atom is 0.272 e. The molecule has 0 fully saturated rings. The summed E-state index contributed by atoms with van der Waals surface area (Å²) in [4.78, 5) is 12.0. The summed E-state index contributed by atoms with van der Waals surface area (Å²) in [6.07, 6.45) is 2.52. The monoisotopic (exact) mass is 360 g/mol. The van der Waals surface area contributed by atoms with Crippen LogP contribution in [0.15, 0.2) is 58.1 Å². The van der Waals surface area contributed by atoms with Crippen LogP contribution >= 0.6 is 15.9 Å². The first-order chi connectivity index (χ1) is 10.7. The molecule has 0 spiro atoms. The zero-order valence-corrected chi connectivity index (χ0v) is 13.8. The Morgan fingerprint density at radius 2 is 1.95 bits per heavy atom. The number of hydrogen-bond donors (Lipinski definition) is 1. The lowest BCUT2D eigenvalue weighted by Crippen LogP contribution is -2.18. The Kier molecular flexibility index (Phi) is 6.15. The van der Waals surface area contributed by atoms with Crippen molar-refractivity contribution in [2.45, 2.75) is 13.3 Å². The van der Waals surface area contributed by atoms with Crippen LogP contribution in [0.3, 0.4) is 0 Å². The summed E-state index contributed by atoms with van der Waals surface area (Å²) < 4.78 is 6.37. The maximum absolute atomic E-state index is 12.0. The van der Waals surface area contributed by atoms with E-state index in [1.54, 1.807) is 18.3 Å². The van der Waals surface area contributed by atoms with Crippen LogP contribution in [0.2, 0.25) is 0 Å². The molecule has 0 aliphatic rings. The molecule has 2 aromatic rings. The number of hydrogen-bond acceptors (Lipinski definition) is 3. The van der Waals surface area contributed by atoms with Crippen LogP contribution in [-0.2, 0) is 0 Å². The van der Waals surface area contributed by atoms with Crippen molar-refractivity contribution in [1.29, 1.82) is 0 Å². The fourth-order valence-corrected chi connectivity index (χ4v) is 2.26. The topological polar surface area (TPSA) is 50.7 Å². The Labute approximate surface area is 138 Å². The van der Waals surface area contributed by atoms with Crippen molar-refractivity contribution < 1.29 is 9.53 Å². The van der Waals surface area contributed by atoms with Gasteiger partial charge in [0.2, 0.25) is 0 Å². The van der Waals surface area contributed by atoms with Crippen LogP contribution in [0.1, 0.15) is 29.3 Å². The van der Waals surface area contributed by atoms with E-state index in [1.807, 2.05) is 36.4 Å². The smallest absolute Gasteiger partial charge is 0.272 e. The molecule has 1 N–H and O–H groups in total.